The summed E-state index contributed by atoms with van der Waals surface area (Å²) in [5.41, 5.74) is 0.989. The van der Waals surface area contributed by atoms with Crippen molar-refractivity contribution in [3.8, 4) is 5.75 Å². The minimum absolute atomic E-state index is 0.115. The number of halogens is 3. The van der Waals surface area contributed by atoms with Crippen molar-refractivity contribution in [2.24, 2.45) is 0 Å². The Morgan fingerprint density at radius 1 is 1.25 bits per heavy atom. The van der Waals surface area contributed by atoms with E-state index >= 15 is 0 Å². The molecule has 0 aromatic heterocycles. The van der Waals surface area contributed by atoms with Crippen LogP contribution in [0, 0.1) is 11.6 Å². The van der Waals surface area contributed by atoms with Crippen molar-refractivity contribution in [1.29, 1.82) is 0 Å². The molecule has 0 radical (unpaired) electrons. The minimum Gasteiger partial charge on any atom is -0.488 e. The largest absolute Gasteiger partial charge is 0.488 e. The van der Waals surface area contributed by atoms with Gasteiger partial charge in [-0.3, -0.25) is 0 Å². The second-order valence-corrected chi connectivity index (χ2v) is 5.15. The van der Waals surface area contributed by atoms with Gasteiger partial charge in [-0.2, -0.15) is 0 Å². The number of rotatable bonds is 4. The van der Waals surface area contributed by atoms with E-state index in [4.69, 9.17) is 4.74 Å². The molecule has 2 nitrogen and oxygen atoms in total. The second kappa shape index (κ2) is 6.33. The van der Waals surface area contributed by atoms with Gasteiger partial charge in [0.05, 0.1) is 10.6 Å². The molecule has 106 valence electrons. The molecule has 20 heavy (non-hydrogen) atoms. The van der Waals surface area contributed by atoms with Gasteiger partial charge in [0, 0.05) is 11.1 Å². The molecule has 1 atom stereocenters. The summed E-state index contributed by atoms with van der Waals surface area (Å²) in [7, 11) is 0. The van der Waals surface area contributed by atoms with E-state index < -0.39 is 11.9 Å². The predicted molar refractivity (Wildman–Crippen MR) is 75.5 cm³/mol. The Labute approximate surface area is 124 Å². The van der Waals surface area contributed by atoms with Crippen molar-refractivity contribution in [3.05, 3.63) is 63.6 Å². The van der Waals surface area contributed by atoms with Crippen LogP contribution in [-0.2, 0) is 6.61 Å². The molecule has 0 amide bonds. The number of aliphatic hydroxyl groups is 1. The van der Waals surface area contributed by atoms with Crippen LogP contribution in [0.3, 0.4) is 0 Å². The quantitative estimate of drug-likeness (QED) is 0.894. The molecule has 5 heteroatoms. The third-order valence-corrected chi connectivity index (χ3v) is 3.72. The summed E-state index contributed by atoms with van der Waals surface area (Å²) < 4.78 is 32.4. The lowest BCUT2D eigenvalue weighted by Gasteiger charge is -2.14. The molecule has 2 aromatic rings. The SMILES string of the molecule is C[C@@H](O)c1cc(F)ccc1OCc1cccc(F)c1Br. The highest BCUT2D eigenvalue weighted by Crippen LogP contribution is 2.28. The highest BCUT2D eigenvalue weighted by Gasteiger charge is 2.12. The van der Waals surface area contributed by atoms with Gasteiger partial charge in [-0.25, -0.2) is 8.78 Å². The normalized spacial score (nSPS) is 12.2. The molecule has 0 heterocycles. The molecule has 0 bridgehead atoms. The van der Waals surface area contributed by atoms with Crippen LogP contribution in [0.5, 0.6) is 5.75 Å². The van der Waals surface area contributed by atoms with E-state index in [1.54, 1.807) is 12.1 Å². The first-order valence-corrected chi connectivity index (χ1v) is 6.81. The van der Waals surface area contributed by atoms with Crippen LogP contribution in [0.25, 0.3) is 0 Å². The number of benzene rings is 2. The highest BCUT2D eigenvalue weighted by molar-refractivity contribution is 9.10. The molecule has 2 aromatic carbocycles. The molecule has 0 spiro atoms. The highest BCUT2D eigenvalue weighted by atomic mass is 79.9. The van der Waals surface area contributed by atoms with Gasteiger partial charge in [-0.05, 0) is 47.1 Å². The fourth-order valence-corrected chi connectivity index (χ4v) is 2.17. The first-order valence-electron chi connectivity index (χ1n) is 6.02. The molecule has 0 saturated heterocycles. The summed E-state index contributed by atoms with van der Waals surface area (Å²) in [4.78, 5) is 0. The molecule has 0 unspecified atom stereocenters. The maximum atomic E-state index is 13.4. The van der Waals surface area contributed by atoms with E-state index in [2.05, 4.69) is 15.9 Å². The van der Waals surface area contributed by atoms with Crippen molar-refractivity contribution in [1.82, 2.24) is 0 Å². The van der Waals surface area contributed by atoms with Gasteiger partial charge in [0.2, 0.25) is 0 Å². The van der Waals surface area contributed by atoms with E-state index in [1.807, 2.05) is 0 Å². The molecular formula is C15H13BrF2O2. The third kappa shape index (κ3) is 3.35. The number of hydrogen-bond donors (Lipinski definition) is 1. The average Bonchev–Trinajstić information content (AvgIpc) is 2.41. The lowest BCUT2D eigenvalue weighted by molar-refractivity contribution is 0.189. The average molecular weight is 343 g/mol. The second-order valence-electron chi connectivity index (χ2n) is 4.36. The summed E-state index contributed by atoms with van der Waals surface area (Å²) in [5.74, 6) is -0.446. The van der Waals surface area contributed by atoms with E-state index in [-0.39, 0.29) is 12.4 Å². The van der Waals surface area contributed by atoms with Crippen LogP contribution in [0.15, 0.2) is 40.9 Å². The number of aliphatic hydroxyl groups excluding tert-OH is 1. The van der Waals surface area contributed by atoms with Gasteiger partial charge in [-0.15, -0.1) is 0 Å². The molecule has 0 aliphatic rings. The van der Waals surface area contributed by atoms with Gasteiger partial charge in [0.25, 0.3) is 0 Å². The van der Waals surface area contributed by atoms with Crippen molar-refractivity contribution in [3.63, 3.8) is 0 Å². The Morgan fingerprint density at radius 3 is 2.70 bits per heavy atom. The zero-order valence-corrected chi connectivity index (χ0v) is 12.3. The monoisotopic (exact) mass is 342 g/mol. The summed E-state index contributed by atoms with van der Waals surface area (Å²) in [6.45, 7) is 1.64. The summed E-state index contributed by atoms with van der Waals surface area (Å²) in [6.07, 6.45) is -0.850. The standard InChI is InChI=1S/C15H13BrF2O2/c1-9(19)12-7-11(17)5-6-14(12)20-8-10-3-2-4-13(18)15(10)16/h2-7,9,19H,8H2,1H3/t9-/m1/s1. The first kappa shape index (κ1) is 14.9. The Balaban J connectivity index is 2.21. The lowest BCUT2D eigenvalue weighted by Crippen LogP contribution is -2.02. The molecular weight excluding hydrogens is 330 g/mol. The first-order chi connectivity index (χ1) is 9.49. The Morgan fingerprint density at radius 2 is 2.00 bits per heavy atom. The van der Waals surface area contributed by atoms with Gasteiger partial charge in [0.15, 0.2) is 0 Å². The third-order valence-electron chi connectivity index (χ3n) is 2.84. The Bertz CT molecular complexity index is 615. The van der Waals surface area contributed by atoms with Crippen molar-refractivity contribution in [2.75, 3.05) is 0 Å². The van der Waals surface area contributed by atoms with Crippen LogP contribution in [0.2, 0.25) is 0 Å². The fourth-order valence-electron chi connectivity index (χ4n) is 1.79. The van der Waals surface area contributed by atoms with E-state index in [0.29, 0.717) is 21.3 Å². The van der Waals surface area contributed by atoms with Gasteiger partial charge >= 0.3 is 0 Å². The molecule has 2 rings (SSSR count). The Hall–Kier alpha value is -1.46. The lowest BCUT2D eigenvalue weighted by atomic mass is 10.1. The smallest absolute Gasteiger partial charge is 0.137 e. The van der Waals surface area contributed by atoms with Crippen LogP contribution in [0.4, 0.5) is 8.78 Å². The number of hydrogen-bond acceptors (Lipinski definition) is 2. The van der Waals surface area contributed by atoms with Crippen LogP contribution >= 0.6 is 15.9 Å². The summed E-state index contributed by atoms with van der Waals surface area (Å²) in [5, 5.41) is 9.61. The van der Waals surface area contributed by atoms with Gasteiger partial charge in [-0.1, -0.05) is 12.1 Å². The topological polar surface area (TPSA) is 29.5 Å². The van der Waals surface area contributed by atoms with Crippen LogP contribution in [-0.4, -0.2) is 5.11 Å². The molecule has 0 saturated carbocycles. The number of ether oxygens (including phenoxy) is 1. The van der Waals surface area contributed by atoms with E-state index in [9.17, 15) is 13.9 Å². The van der Waals surface area contributed by atoms with E-state index in [0.717, 1.165) is 0 Å². The van der Waals surface area contributed by atoms with Crippen LogP contribution in [0.1, 0.15) is 24.2 Å². The maximum Gasteiger partial charge on any atom is 0.137 e. The predicted octanol–water partition coefficient (Wildman–Crippen LogP) is 4.36. The molecule has 0 aliphatic carbocycles. The zero-order chi connectivity index (χ0) is 14.7. The molecule has 1 N–H and O–H groups in total. The van der Waals surface area contributed by atoms with Crippen molar-refractivity contribution in [2.45, 2.75) is 19.6 Å². The Kier molecular flexibility index (Phi) is 4.73. The molecule has 0 fully saturated rings. The maximum absolute atomic E-state index is 13.4. The van der Waals surface area contributed by atoms with Gasteiger partial charge in [0.1, 0.15) is 24.0 Å². The van der Waals surface area contributed by atoms with Crippen molar-refractivity contribution < 1.29 is 18.6 Å². The fraction of sp³-hybridized carbons (Fsp3) is 0.200. The van der Waals surface area contributed by atoms with Crippen molar-refractivity contribution >= 4 is 15.9 Å². The molecule has 0 aliphatic heterocycles. The zero-order valence-electron chi connectivity index (χ0n) is 10.7. The summed E-state index contributed by atoms with van der Waals surface area (Å²) in [6, 6.07) is 8.57. The van der Waals surface area contributed by atoms with Gasteiger partial charge < -0.3 is 9.84 Å². The van der Waals surface area contributed by atoms with Crippen LogP contribution < -0.4 is 4.74 Å². The minimum atomic E-state index is -0.850. The van der Waals surface area contributed by atoms with E-state index in [1.165, 1.54) is 31.2 Å². The summed E-state index contributed by atoms with van der Waals surface area (Å²) >= 11 is 3.15.